The largest absolute Gasteiger partial charge is 0.370 e. The second kappa shape index (κ2) is 6.51. The van der Waals surface area contributed by atoms with E-state index in [2.05, 4.69) is 32.1 Å². The van der Waals surface area contributed by atoms with Gasteiger partial charge in [-0.05, 0) is 20.0 Å². The van der Waals surface area contributed by atoms with Gasteiger partial charge in [0, 0.05) is 38.8 Å². The van der Waals surface area contributed by atoms with E-state index < -0.39 is 0 Å². The molecular formula is C12H22N6. The van der Waals surface area contributed by atoms with Crippen LogP contribution in [0.5, 0.6) is 0 Å². The lowest BCUT2D eigenvalue weighted by Gasteiger charge is -2.33. The summed E-state index contributed by atoms with van der Waals surface area (Å²) in [5, 5.41) is 3.27. The first-order valence-corrected chi connectivity index (χ1v) is 6.49. The highest BCUT2D eigenvalue weighted by Crippen LogP contribution is 2.15. The average molecular weight is 250 g/mol. The van der Waals surface area contributed by atoms with Gasteiger partial charge in [0.25, 0.3) is 0 Å². The Morgan fingerprint density at radius 3 is 2.78 bits per heavy atom. The van der Waals surface area contributed by atoms with Gasteiger partial charge in [-0.25, -0.2) is 9.97 Å². The summed E-state index contributed by atoms with van der Waals surface area (Å²) in [6, 6.07) is 2.02. The number of hydrogen-bond acceptors (Lipinski definition) is 6. The van der Waals surface area contributed by atoms with Gasteiger partial charge in [-0.2, -0.15) is 0 Å². The van der Waals surface area contributed by atoms with Gasteiger partial charge in [-0.15, -0.1) is 0 Å². The van der Waals surface area contributed by atoms with E-state index in [0.29, 0.717) is 6.54 Å². The van der Waals surface area contributed by atoms with Gasteiger partial charge in [0.15, 0.2) is 0 Å². The summed E-state index contributed by atoms with van der Waals surface area (Å²) in [4.78, 5) is 13.2. The van der Waals surface area contributed by atoms with Gasteiger partial charge in [-0.3, -0.25) is 0 Å². The maximum Gasteiger partial charge on any atom is 0.134 e. The van der Waals surface area contributed by atoms with Crippen molar-refractivity contribution in [2.45, 2.75) is 6.42 Å². The molecular weight excluding hydrogens is 228 g/mol. The number of anilines is 2. The Hall–Kier alpha value is -1.40. The minimum absolute atomic E-state index is 0.698. The van der Waals surface area contributed by atoms with Crippen molar-refractivity contribution in [1.82, 2.24) is 14.9 Å². The summed E-state index contributed by atoms with van der Waals surface area (Å²) in [5.74, 6) is 1.89. The molecule has 18 heavy (non-hydrogen) atoms. The average Bonchev–Trinajstić information content (AvgIpc) is 2.40. The number of nitrogens with one attached hydrogen (secondary N) is 1. The van der Waals surface area contributed by atoms with Crippen molar-refractivity contribution in [2.75, 3.05) is 56.5 Å². The number of aromatic nitrogens is 2. The number of nitrogens with two attached hydrogens (primary N) is 1. The van der Waals surface area contributed by atoms with E-state index in [0.717, 1.165) is 50.8 Å². The van der Waals surface area contributed by atoms with Crippen LogP contribution in [0.15, 0.2) is 12.4 Å². The SMILES string of the molecule is CN1CCN(c2cc(NCCCN)ncn2)CC1. The first-order chi connectivity index (χ1) is 8.79. The first kappa shape index (κ1) is 13.0. The van der Waals surface area contributed by atoms with Crippen LogP contribution in [0.4, 0.5) is 11.6 Å². The molecule has 2 heterocycles. The summed E-state index contributed by atoms with van der Waals surface area (Å²) in [7, 11) is 2.15. The molecule has 100 valence electrons. The van der Waals surface area contributed by atoms with Crippen LogP contribution in [-0.4, -0.2) is 61.2 Å². The maximum atomic E-state index is 5.47. The smallest absolute Gasteiger partial charge is 0.134 e. The summed E-state index contributed by atoms with van der Waals surface area (Å²) in [6.07, 6.45) is 2.58. The Kier molecular flexibility index (Phi) is 4.72. The molecule has 1 fully saturated rings. The molecule has 0 amide bonds. The third-order valence-electron chi connectivity index (χ3n) is 3.17. The Morgan fingerprint density at radius 2 is 2.06 bits per heavy atom. The highest BCUT2D eigenvalue weighted by Gasteiger charge is 2.15. The fourth-order valence-electron chi connectivity index (χ4n) is 1.97. The fraction of sp³-hybridized carbons (Fsp3) is 0.667. The monoisotopic (exact) mass is 250 g/mol. The molecule has 0 aromatic carbocycles. The van der Waals surface area contributed by atoms with Gasteiger partial charge in [0.1, 0.15) is 18.0 Å². The molecule has 1 aliphatic rings. The minimum atomic E-state index is 0.698. The number of likely N-dealkylation sites (N-methyl/N-ethyl adjacent to an activating group) is 1. The van der Waals surface area contributed by atoms with Crippen LogP contribution in [0, 0.1) is 0 Å². The fourth-order valence-corrected chi connectivity index (χ4v) is 1.97. The van der Waals surface area contributed by atoms with Gasteiger partial charge in [-0.1, -0.05) is 0 Å². The van der Waals surface area contributed by atoms with E-state index in [-0.39, 0.29) is 0 Å². The number of piperazine rings is 1. The predicted molar refractivity (Wildman–Crippen MR) is 73.9 cm³/mol. The summed E-state index contributed by atoms with van der Waals surface area (Å²) < 4.78 is 0. The molecule has 3 N–H and O–H groups in total. The van der Waals surface area contributed by atoms with E-state index in [1.807, 2.05) is 6.07 Å². The molecule has 1 aromatic rings. The molecule has 0 aliphatic carbocycles. The van der Waals surface area contributed by atoms with Crippen molar-refractivity contribution in [2.24, 2.45) is 5.73 Å². The molecule has 0 spiro atoms. The van der Waals surface area contributed by atoms with Crippen molar-refractivity contribution < 1.29 is 0 Å². The number of rotatable bonds is 5. The summed E-state index contributed by atoms with van der Waals surface area (Å²) in [5.41, 5.74) is 5.47. The van der Waals surface area contributed by atoms with E-state index in [1.165, 1.54) is 0 Å². The molecule has 6 nitrogen and oxygen atoms in total. The van der Waals surface area contributed by atoms with Crippen LogP contribution in [-0.2, 0) is 0 Å². The van der Waals surface area contributed by atoms with Crippen molar-refractivity contribution in [1.29, 1.82) is 0 Å². The molecule has 1 aromatic heterocycles. The van der Waals surface area contributed by atoms with E-state index in [9.17, 15) is 0 Å². The van der Waals surface area contributed by atoms with E-state index in [4.69, 9.17) is 5.73 Å². The number of hydrogen-bond donors (Lipinski definition) is 2. The molecule has 0 saturated carbocycles. The van der Waals surface area contributed by atoms with Gasteiger partial charge >= 0.3 is 0 Å². The molecule has 1 aliphatic heterocycles. The minimum Gasteiger partial charge on any atom is -0.370 e. The second-order valence-corrected chi connectivity index (χ2v) is 4.62. The van der Waals surface area contributed by atoms with Crippen LogP contribution < -0.4 is 16.0 Å². The molecule has 6 heteroatoms. The lowest BCUT2D eigenvalue weighted by atomic mass is 10.3. The standard InChI is InChI=1S/C12H22N6/c1-17-5-7-18(8-6-17)12-9-11(15-10-16-12)14-4-2-3-13/h9-10H,2-8,13H2,1H3,(H,14,15,16). The van der Waals surface area contributed by atoms with Crippen LogP contribution >= 0.6 is 0 Å². The highest BCUT2D eigenvalue weighted by atomic mass is 15.3. The Labute approximate surface area is 108 Å². The van der Waals surface area contributed by atoms with Gasteiger partial charge in [0.05, 0.1) is 0 Å². The van der Waals surface area contributed by atoms with Crippen molar-refractivity contribution in [3.63, 3.8) is 0 Å². The highest BCUT2D eigenvalue weighted by molar-refractivity contribution is 5.48. The third kappa shape index (κ3) is 3.54. The lowest BCUT2D eigenvalue weighted by molar-refractivity contribution is 0.312. The van der Waals surface area contributed by atoms with Crippen LogP contribution in [0.3, 0.4) is 0 Å². The molecule has 0 bridgehead atoms. The van der Waals surface area contributed by atoms with Crippen LogP contribution in [0.1, 0.15) is 6.42 Å². The zero-order valence-electron chi connectivity index (χ0n) is 11.0. The Morgan fingerprint density at radius 1 is 1.28 bits per heavy atom. The van der Waals surface area contributed by atoms with Crippen molar-refractivity contribution in [3.05, 3.63) is 12.4 Å². The van der Waals surface area contributed by atoms with E-state index >= 15 is 0 Å². The topological polar surface area (TPSA) is 70.3 Å². The second-order valence-electron chi connectivity index (χ2n) is 4.62. The third-order valence-corrected chi connectivity index (χ3v) is 3.17. The zero-order chi connectivity index (χ0) is 12.8. The van der Waals surface area contributed by atoms with E-state index in [1.54, 1.807) is 6.33 Å². The molecule has 0 radical (unpaired) electrons. The summed E-state index contributed by atoms with van der Waals surface area (Å²) in [6.45, 7) is 5.77. The lowest BCUT2D eigenvalue weighted by Crippen LogP contribution is -2.44. The van der Waals surface area contributed by atoms with Crippen molar-refractivity contribution in [3.8, 4) is 0 Å². The quantitative estimate of drug-likeness (QED) is 0.716. The van der Waals surface area contributed by atoms with Crippen molar-refractivity contribution >= 4 is 11.6 Å². The van der Waals surface area contributed by atoms with Crippen LogP contribution in [0.25, 0.3) is 0 Å². The predicted octanol–water partition coefficient (Wildman–Crippen LogP) is -0.0109. The molecule has 0 atom stereocenters. The maximum absolute atomic E-state index is 5.47. The Bertz CT molecular complexity index is 361. The Balaban J connectivity index is 1.94. The van der Waals surface area contributed by atoms with Gasteiger partial charge in [0.2, 0.25) is 0 Å². The molecule has 2 rings (SSSR count). The van der Waals surface area contributed by atoms with Crippen LogP contribution in [0.2, 0.25) is 0 Å². The summed E-state index contributed by atoms with van der Waals surface area (Å²) >= 11 is 0. The molecule has 1 saturated heterocycles. The number of nitrogens with zero attached hydrogens (tertiary/aromatic N) is 4. The zero-order valence-corrected chi connectivity index (χ0v) is 11.0. The van der Waals surface area contributed by atoms with Gasteiger partial charge < -0.3 is 20.9 Å². The first-order valence-electron chi connectivity index (χ1n) is 6.49. The molecule has 0 unspecified atom stereocenters. The normalized spacial score (nSPS) is 16.9.